The SMILES string of the molecule is BC1CCC(B)(C)C1B. The van der Waals surface area contributed by atoms with E-state index in [1.807, 2.05) is 0 Å². The molecular weight excluding hydrogens is 105 g/mol. The lowest BCUT2D eigenvalue weighted by atomic mass is 9.53. The van der Waals surface area contributed by atoms with Crippen molar-refractivity contribution in [1.29, 1.82) is 0 Å². The fourth-order valence-electron chi connectivity index (χ4n) is 1.85. The molecule has 48 valence electrons. The Morgan fingerprint density at radius 2 is 2.00 bits per heavy atom. The Hall–Kier alpha value is 0.195. The molecule has 1 rings (SSSR count). The first-order chi connectivity index (χ1) is 4.04. The van der Waals surface area contributed by atoms with Crippen molar-refractivity contribution in [3.8, 4) is 0 Å². The molecule has 3 heteroatoms. The van der Waals surface area contributed by atoms with Crippen LogP contribution in [0, 0.1) is 0 Å². The van der Waals surface area contributed by atoms with Gasteiger partial charge in [0.05, 0.1) is 0 Å². The van der Waals surface area contributed by atoms with Crippen molar-refractivity contribution >= 4 is 23.5 Å². The summed E-state index contributed by atoms with van der Waals surface area (Å²) in [6, 6.07) is 0. The lowest BCUT2D eigenvalue weighted by Crippen LogP contribution is -2.11. The minimum atomic E-state index is 0.624. The van der Waals surface area contributed by atoms with E-state index >= 15 is 0 Å². The molecule has 3 unspecified atom stereocenters. The number of rotatable bonds is 0. The number of hydrogen-bond donors (Lipinski definition) is 0. The van der Waals surface area contributed by atoms with Crippen molar-refractivity contribution in [2.75, 3.05) is 0 Å². The van der Waals surface area contributed by atoms with Crippen molar-refractivity contribution in [1.82, 2.24) is 0 Å². The van der Waals surface area contributed by atoms with Gasteiger partial charge in [0.2, 0.25) is 0 Å². The highest BCUT2D eigenvalue weighted by atomic mass is 14.3. The van der Waals surface area contributed by atoms with Gasteiger partial charge in [-0.15, -0.1) is 0 Å². The average molecular weight is 120 g/mol. The van der Waals surface area contributed by atoms with Crippen LogP contribution in [-0.4, -0.2) is 23.5 Å². The van der Waals surface area contributed by atoms with Gasteiger partial charge in [0.15, 0.2) is 0 Å². The zero-order chi connectivity index (χ0) is 7.07. The van der Waals surface area contributed by atoms with Gasteiger partial charge in [0.25, 0.3) is 0 Å². The Kier molecular flexibility index (Phi) is 1.71. The third kappa shape index (κ3) is 1.20. The number of hydrogen-bond acceptors (Lipinski definition) is 0. The maximum absolute atomic E-state index is 2.39. The van der Waals surface area contributed by atoms with E-state index in [4.69, 9.17) is 0 Å². The van der Waals surface area contributed by atoms with Crippen LogP contribution in [0.4, 0.5) is 0 Å². The lowest BCUT2D eigenvalue weighted by Gasteiger charge is -2.25. The van der Waals surface area contributed by atoms with Gasteiger partial charge in [-0.2, -0.15) is 0 Å². The maximum atomic E-state index is 2.39. The molecule has 0 aromatic carbocycles. The molecule has 1 aliphatic carbocycles. The minimum Gasteiger partial charge on any atom is -0.0757 e. The van der Waals surface area contributed by atoms with Gasteiger partial charge in [-0.3, -0.25) is 0 Å². The smallest absolute Gasteiger partial charge is 0.0757 e. The van der Waals surface area contributed by atoms with Crippen LogP contribution in [0.5, 0.6) is 0 Å². The van der Waals surface area contributed by atoms with Gasteiger partial charge in [0, 0.05) is 0 Å². The molecule has 0 nitrogen and oxygen atoms in total. The summed E-state index contributed by atoms with van der Waals surface area (Å²) in [5.41, 5.74) is 0. The Morgan fingerprint density at radius 3 is 2.11 bits per heavy atom. The highest BCUT2D eigenvalue weighted by Crippen LogP contribution is 2.54. The zero-order valence-corrected chi connectivity index (χ0v) is 7.07. The summed E-state index contributed by atoms with van der Waals surface area (Å²) in [6.07, 6.45) is 2.86. The molecule has 0 aromatic rings. The Balaban J connectivity index is 2.62. The molecule has 9 heavy (non-hydrogen) atoms. The summed E-state index contributed by atoms with van der Waals surface area (Å²) in [7, 11) is 7.15. The van der Waals surface area contributed by atoms with Crippen molar-refractivity contribution in [2.24, 2.45) is 0 Å². The Bertz CT molecular complexity index is 111. The summed E-state index contributed by atoms with van der Waals surface area (Å²) in [4.78, 5) is 0. The van der Waals surface area contributed by atoms with Crippen LogP contribution in [0.25, 0.3) is 0 Å². The molecule has 1 saturated carbocycles. The van der Waals surface area contributed by atoms with E-state index in [1.54, 1.807) is 0 Å². The normalized spacial score (nSPS) is 51.7. The largest absolute Gasteiger partial charge is 0.108 e. The van der Waals surface area contributed by atoms with Crippen LogP contribution in [0.15, 0.2) is 0 Å². The van der Waals surface area contributed by atoms with Gasteiger partial charge in [-0.1, -0.05) is 36.7 Å². The predicted molar refractivity (Wildman–Crippen MR) is 50.7 cm³/mol. The molecule has 3 atom stereocenters. The quantitative estimate of drug-likeness (QED) is 0.375. The summed E-state index contributed by atoms with van der Waals surface area (Å²) >= 11 is 0. The molecule has 0 heterocycles. The van der Waals surface area contributed by atoms with Crippen LogP contribution in [0.1, 0.15) is 19.8 Å². The first-order valence-corrected chi connectivity index (χ1v) is 4.04. The van der Waals surface area contributed by atoms with Gasteiger partial charge in [-0.25, -0.2) is 0 Å². The fourth-order valence-corrected chi connectivity index (χ4v) is 1.85. The van der Waals surface area contributed by atoms with E-state index in [9.17, 15) is 0 Å². The first-order valence-electron chi connectivity index (χ1n) is 4.04. The topological polar surface area (TPSA) is 0 Å². The second kappa shape index (κ2) is 2.11. The molecule has 0 aromatic heterocycles. The second-order valence-corrected chi connectivity index (χ2v) is 4.29. The van der Waals surface area contributed by atoms with Crippen molar-refractivity contribution in [2.45, 2.75) is 36.7 Å². The van der Waals surface area contributed by atoms with Crippen molar-refractivity contribution in [3.63, 3.8) is 0 Å². The molecule has 0 spiro atoms. The maximum Gasteiger partial charge on any atom is 0.108 e. The van der Waals surface area contributed by atoms with Crippen LogP contribution >= 0.6 is 0 Å². The van der Waals surface area contributed by atoms with E-state index in [0.717, 1.165) is 11.6 Å². The van der Waals surface area contributed by atoms with E-state index in [0.29, 0.717) is 5.31 Å². The lowest BCUT2D eigenvalue weighted by molar-refractivity contribution is 0.640. The van der Waals surface area contributed by atoms with Gasteiger partial charge < -0.3 is 0 Å². The highest BCUT2D eigenvalue weighted by molar-refractivity contribution is 6.29. The van der Waals surface area contributed by atoms with Crippen molar-refractivity contribution < 1.29 is 0 Å². The van der Waals surface area contributed by atoms with E-state index in [-0.39, 0.29) is 0 Å². The van der Waals surface area contributed by atoms with Crippen LogP contribution < -0.4 is 0 Å². The van der Waals surface area contributed by atoms with E-state index in [1.165, 1.54) is 12.8 Å². The third-order valence-electron chi connectivity index (χ3n) is 3.33. The standard InChI is InChI=1S/C6H15B3/c1-6(9)3-2-4(7)5(6)8/h4-5H,2-3,7-9H2,1H3. The average Bonchev–Trinajstić information content (AvgIpc) is 1.97. The molecule has 0 radical (unpaired) electrons. The van der Waals surface area contributed by atoms with Gasteiger partial charge in [0.1, 0.15) is 23.5 Å². The van der Waals surface area contributed by atoms with Crippen LogP contribution in [0.2, 0.25) is 16.9 Å². The van der Waals surface area contributed by atoms with Crippen LogP contribution in [-0.2, 0) is 0 Å². The third-order valence-corrected chi connectivity index (χ3v) is 3.33. The van der Waals surface area contributed by atoms with Crippen molar-refractivity contribution in [3.05, 3.63) is 0 Å². The van der Waals surface area contributed by atoms with Gasteiger partial charge in [-0.05, 0) is 0 Å². The minimum absolute atomic E-state index is 0.624. The Morgan fingerprint density at radius 1 is 1.44 bits per heavy atom. The molecule has 0 amide bonds. The van der Waals surface area contributed by atoms with Gasteiger partial charge >= 0.3 is 0 Å². The molecule has 1 fully saturated rings. The molecule has 0 bridgehead atoms. The monoisotopic (exact) mass is 120 g/mol. The zero-order valence-electron chi connectivity index (χ0n) is 7.07. The Labute approximate surface area is 61.0 Å². The molecular formula is C6H15B3. The highest BCUT2D eigenvalue weighted by Gasteiger charge is 2.35. The first kappa shape index (κ1) is 7.30. The molecule has 0 aliphatic heterocycles. The summed E-state index contributed by atoms with van der Waals surface area (Å²) in [5, 5.41) is 0.624. The summed E-state index contributed by atoms with van der Waals surface area (Å²) in [6.45, 7) is 2.39. The summed E-state index contributed by atoms with van der Waals surface area (Å²) in [5.74, 6) is 1.89. The predicted octanol–water partition coefficient (Wildman–Crippen LogP) is -0.565. The van der Waals surface area contributed by atoms with E-state index in [2.05, 4.69) is 30.5 Å². The second-order valence-electron chi connectivity index (χ2n) is 4.29. The molecule has 0 N–H and O–H groups in total. The molecule has 0 saturated heterocycles. The van der Waals surface area contributed by atoms with Crippen LogP contribution in [0.3, 0.4) is 0 Å². The summed E-state index contributed by atoms with van der Waals surface area (Å²) < 4.78 is 0. The fraction of sp³-hybridized carbons (Fsp3) is 1.00. The molecule has 1 aliphatic rings. The van der Waals surface area contributed by atoms with E-state index < -0.39 is 0 Å².